The number of rotatable bonds is 6. The van der Waals surface area contributed by atoms with Gasteiger partial charge in [-0.25, -0.2) is 0 Å². The van der Waals surface area contributed by atoms with Gasteiger partial charge in [0.2, 0.25) is 0 Å². The van der Waals surface area contributed by atoms with Gasteiger partial charge in [0.05, 0.1) is 11.7 Å². The van der Waals surface area contributed by atoms with Crippen molar-refractivity contribution in [3.8, 4) is 0 Å². The molecule has 0 bridgehead atoms. The maximum absolute atomic E-state index is 10.5. The fourth-order valence-electron chi connectivity index (χ4n) is 3.17. The molecule has 2 N–H and O–H groups in total. The number of hydrogen-bond donors (Lipinski definition) is 2. The van der Waals surface area contributed by atoms with Gasteiger partial charge in [0, 0.05) is 0 Å². The summed E-state index contributed by atoms with van der Waals surface area (Å²) in [6, 6.07) is 8.47. The van der Waals surface area contributed by atoms with Crippen molar-refractivity contribution >= 4 is 0 Å². The summed E-state index contributed by atoms with van der Waals surface area (Å²) < 4.78 is 0. The SMILES string of the molecule is CC[C@H](O)Cc1cccc(CCC2(O)CCCCC2)c1. The Kier molecular flexibility index (Phi) is 5.62. The third-order valence-corrected chi connectivity index (χ3v) is 4.60. The quantitative estimate of drug-likeness (QED) is 0.833. The summed E-state index contributed by atoms with van der Waals surface area (Å²) in [6.45, 7) is 2.01. The van der Waals surface area contributed by atoms with Gasteiger partial charge in [0.15, 0.2) is 0 Å². The smallest absolute Gasteiger partial charge is 0.0651 e. The van der Waals surface area contributed by atoms with Crippen LogP contribution in [0.5, 0.6) is 0 Å². The lowest BCUT2D eigenvalue weighted by Crippen LogP contribution is -2.31. The zero-order valence-electron chi connectivity index (χ0n) is 12.6. The van der Waals surface area contributed by atoms with Crippen LogP contribution in [0.1, 0.15) is 63.0 Å². The predicted molar refractivity (Wildman–Crippen MR) is 82.8 cm³/mol. The summed E-state index contributed by atoms with van der Waals surface area (Å²) in [4.78, 5) is 0. The Bertz CT molecular complexity index is 408. The molecule has 0 heterocycles. The van der Waals surface area contributed by atoms with Gasteiger partial charge in [0.25, 0.3) is 0 Å². The molecule has 1 aromatic carbocycles. The fourth-order valence-corrected chi connectivity index (χ4v) is 3.17. The molecule has 2 nitrogen and oxygen atoms in total. The molecular formula is C18H28O2. The lowest BCUT2D eigenvalue weighted by molar-refractivity contribution is -0.00342. The summed E-state index contributed by atoms with van der Waals surface area (Å²) in [5.74, 6) is 0. The van der Waals surface area contributed by atoms with E-state index in [0.717, 1.165) is 38.5 Å². The molecule has 0 saturated heterocycles. The third kappa shape index (κ3) is 4.60. The van der Waals surface area contributed by atoms with Crippen molar-refractivity contribution in [2.45, 2.75) is 76.4 Å². The van der Waals surface area contributed by atoms with Gasteiger partial charge in [-0.3, -0.25) is 0 Å². The lowest BCUT2D eigenvalue weighted by Gasteiger charge is -2.32. The van der Waals surface area contributed by atoms with Crippen LogP contribution in [0.25, 0.3) is 0 Å². The number of benzene rings is 1. The first-order valence-electron chi connectivity index (χ1n) is 8.09. The van der Waals surface area contributed by atoms with E-state index in [4.69, 9.17) is 0 Å². The van der Waals surface area contributed by atoms with Crippen molar-refractivity contribution in [3.05, 3.63) is 35.4 Å². The van der Waals surface area contributed by atoms with Gasteiger partial charge in [-0.2, -0.15) is 0 Å². The largest absolute Gasteiger partial charge is 0.393 e. The van der Waals surface area contributed by atoms with Gasteiger partial charge < -0.3 is 10.2 Å². The molecule has 1 saturated carbocycles. The molecule has 0 unspecified atom stereocenters. The molecule has 0 aliphatic heterocycles. The van der Waals surface area contributed by atoms with Gasteiger partial charge in [-0.1, -0.05) is 50.5 Å². The predicted octanol–water partition coefficient (Wildman–Crippen LogP) is 3.63. The maximum atomic E-state index is 10.5. The summed E-state index contributed by atoms with van der Waals surface area (Å²) in [6.07, 6.45) is 8.61. The van der Waals surface area contributed by atoms with E-state index in [1.165, 1.54) is 30.4 Å². The first kappa shape index (κ1) is 15.5. The van der Waals surface area contributed by atoms with Crippen molar-refractivity contribution in [2.75, 3.05) is 0 Å². The zero-order chi connectivity index (χ0) is 14.4. The van der Waals surface area contributed by atoms with Crippen molar-refractivity contribution in [1.29, 1.82) is 0 Å². The molecule has 1 atom stereocenters. The highest BCUT2D eigenvalue weighted by Crippen LogP contribution is 2.31. The molecule has 1 aliphatic carbocycles. The third-order valence-electron chi connectivity index (χ3n) is 4.60. The molecule has 0 radical (unpaired) electrons. The molecule has 2 rings (SSSR count). The molecule has 0 spiro atoms. The highest BCUT2D eigenvalue weighted by molar-refractivity contribution is 5.24. The van der Waals surface area contributed by atoms with Crippen LogP contribution in [0.4, 0.5) is 0 Å². The van der Waals surface area contributed by atoms with E-state index >= 15 is 0 Å². The van der Waals surface area contributed by atoms with Gasteiger partial charge in [0.1, 0.15) is 0 Å². The summed E-state index contributed by atoms with van der Waals surface area (Å²) >= 11 is 0. The minimum Gasteiger partial charge on any atom is -0.393 e. The Morgan fingerprint density at radius 2 is 1.85 bits per heavy atom. The monoisotopic (exact) mass is 276 g/mol. The van der Waals surface area contributed by atoms with E-state index in [9.17, 15) is 10.2 Å². The van der Waals surface area contributed by atoms with Crippen LogP contribution in [0.15, 0.2) is 24.3 Å². The number of aliphatic hydroxyl groups is 2. The number of aryl methyl sites for hydroxylation is 1. The normalized spacial score (nSPS) is 19.8. The van der Waals surface area contributed by atoms with Crippen LogP contribution in [-0.2, 0) is 12.8 Å². The highest BCUT2D eigenvalue weighted by Gasteiger charge is 2.28. The molecular weight excluding hydrogens is 248 g/mol. The molecule has 1 aromatic rings. The molecule has 1 aliphatic rings. The van der Waals surface area contributed by atoms with Gasteiger partial charge in [-0.15, -0.1) is 0 Å². The number of hydrogen-bond acceptors (Lipinski definition) is 2. The first-order chi connectivity index (χ1) is 9.61. The van der Waals surface area contributed by atoms with Crippen LogP contribution < -0.4 is 0 Å². The highest BCUT2D eigenvalue weighted by atomic mass is 16.3. The second kappa shape index (κ2) is 7.24. The van der Waals surface area contributed by atoms with Gasteiger partial charge >= 0.3 is 0 Å². The van der Waals surface area contributed by atoms with E-state index in [2.05, 4.69) is 24.3 Å². The van der Waals surface area contributed by atoms with Crippen molar-refractivity contribution in [1.82, 2.24) is 0 Å². The molecule has 20 heavy (non-hydrogen) atoms. The molecule has 0 amide bonds. The van der Waals surface area contributed by atoms with Crippen LogP contribution in [0.2, 0.25) is 0 Å². The molecule has 112 valence electrons. The van der Waals surface area contributed by atoms with E-state index in [0.29, 0.717) is 0 Å². The van der Waals surface area contributed by atoms with Crippen molar-refractivity contribution < 1.29 is 10.2 Å². The summed E-state index contributed by atoms with van der Waals surface area (Å²) in [7, 11) is 0. The summed E-state index contributed by atoms with van der Waals surface area (Å²) in [5.41, 5.74) is 2.05. The lowest BCUT2D eigenvalue weighted by atomic mass is 9.81. The second-order valence-corrected chi connectivity index (χ2v) is 6.37. The Balaban J connectivity index is 1.90. The Hall–Kier alpha value is -0.860. The Labute approximate surface area is 122 Å². The standard InChI is InChI=1S/C18H28O2/c1-2-17(19)14-16-8-6-7-15(13-16)9-12-18(20)10-4-3-5-11-18/h6-8,13,17,19-20H,2-5,9-12,14H2,1H3/t17-/m0/s1. The van der Waals surface area contributed by atoms with Crippen LogP contribution in [-0.4, -0.2) is 21.9 Å². The van der Waals surface area contributed by atoms with Crippen molar-refractivity contribution in [3.63, 3.8) is 0 Å². The van der Waals surface area contributed by atoms with E-state index in [1.807, 2.05) is 6.92 Å². The van der Waals surface area contributed by atoms with Crippen molar-refractivity contribution in [2.24, 2.45) is 0 Å². The van der Waals surface area contributed by atoms with Crippen LogP contribution in [0, 0.1) is 0 Å². The topological polar surface area (TPSA) is 40.5 Å². The average Bonchev–Trinajstić information content (AvgIpc) is 2.46. The Morgan fingerprint density at radius 1 is 1.15 bits per heavy atom. The zero-order valence-corrected chi connectivity index (χ0v) is 12.6. The second-order valence-electron chi connectivity index (χ2n) is 6.37. The number of aliphatic hydroxyl groups excluding tert-OH is 1. The van der Waals surface area contributed by atoms with E-state index < -0.39 is 5.60 Å². The maximum Gasteiger partial charge on any atom is 0.0651 e. The summed E-state index contributed by atoms with van der Waals surface area (Å²) in [5, 5.41) is 20.3. The minimum absolute atomic E-state index is 0.243. The average molecular weight is 276 g/mol. The van der Waals surface area contributed by atoms with Gasteiger partial charge in [-0.05, 0) is 49.7 Å². The molecule has 0 aromatic heterocycles. The van der Waals surface area contributed by atoms with Crippen LogP contribution in [0.3, 0.4) is 0 Å². The van der Waals surface area contributed by atoms with E-state index in [-0.39, 0.29) is 6.10 Å². The minimum atomic E-state index is -0.433. The van der Waals surface area contributed by atoms with Crippen LogP contribution >= 0.6 is 0 Å². The first-order valence-corrected chi connectivity index (χ1v) is 8.09. The Morgan fingerprint density at radius 3 is 2.55 bits per heavy atom. The fraction of sp³-hybridized carbons (Fsp3) is 0.667. The molecule has 2 heteroatoms. The van der Waals surface area contributed by atoms with E-state index in [1.54, 1.807) is 0 Å². The molecule has 1 fully saturated rings.